The molecule has 2 rings (SSSR count). The van der Waals surface area contributed by atoms with Crippen LogP contribution in [0.3, 0.4) is 0 Å². The maximum atomic E-state index is 11.7. The van der Waals surface area contributed by atoms with Crippen LogP contribution in [0.15, 0.2) is 0 Å². The Kier molecular flexibility index (Phi) is 5.01. The largest absolute Gasteiger partial charge is 0.466 e. The van der Waals surface area contributed by atoms with Gasteiger partial charge in [0.05, 0.1) is 12.5 Å². The van der Waals surface area contributed by atoms with Gasteiger partial charge in [0.2, 0.25) is 0 Å². The average molecular weight is 254 g/mol. The Morgan fingerprint density at radius 2 is 1.72 bits per heavy atom. The van der Waals surface area contributed by atoms with Crippen LogP contribution in [0.25, 0.3) is 0 Å². The molecule has 4 nitrogen and oxygen atoms in total. The third-order valence-electron chi connectivity index (χ3n) is 4.37. The lowest BCUT2D eigenvalue weighted by atomic mass is 9.85. The van der Waals surface area contributed by atoms with E-state index in [2.05, 4.69) is 16.8 Å². The van der Waals surface area contributed by atoms with Crippen molar-refractivity contribution in [3.63, 3.8) is 0 Å². The molecule has 18 heavy (non-hydrogen) atoms. The fraction of sp³-hybridized carbons (Fsp3) is 0.929. The van der Waals surface area contributed by atoms with Crippen molar-refractivity contribution in [1.82, 2.24) is 9.80 Å². The van der Waals surface area contributed by atoms with Crippen molar-refractivity contribution < 1.29 is 9.53 Å². The fourth-order valence-corrected chi connectivity index (χ4v) is 3.12. The monoisotopic (exact) mass is 254 g/mol. The summed E-state index contributed by atoms with van der Waals surface area (Å²) in [6.07, 6.45) is 4.34. The predicted molar refractivity (Wildman–Crippen MR) is 71.4 cm³/mol. The number of carbonyl (C=O) groups excluding carboxylic acids is 1. The molecule has 104 valence electrons. The van der Waals surface area contributed by atoms with E-state index in [0.29, 0.717) is 12.6 Å². The highest BCUT2D eigenvalue weighted by Crippen LogP contribution is 2.28. The molecule has 0 radical (unpaired) electrons. The maximum absolute atomic E-state index is 11.7. The van der Waals surface area contributed by atoms with Crippen molar-refractivity contribution >= 4 is 5.97 Å². The Morgan fingerprint density at radius 3 is 2.28 bits per heavy atom. The molecule has 0 amide bonds. The lowest BCUT2D eigenvalue weighted by Crippen LogP contribution is -2.50. The zero-order valence-electron chi connectivity index (χ0n) is 11.7. The zero-order chi connectivity index (χ0) is 13.0. The highest BCUT2D eigenvalue weighted by Gasteiger charge is 2.31. The van der Waals surface area contributed by atoms with Crippen molar-refractivity contribution in [2.24, 2.45) is 5.92 Å². The first-order chi connectivity index (χ1) is 8.70. The van der Waals surface area contributed by atoms with Gasteiger partial charge in [-0.1, -0.05) is 0 Å². The van der Waals surface area contributed by atoms with E-state index in [0.717, 1.165) is 25.7 Å². The third kappa shape index (κ3) is 3.45. The molecule has 1 aliphatic heterocycles. The van der Waals surface area contributed by atoms with Crippen LogP contribution in [0.4, 0.5) is 0 Å². The van der Waals surface area contributed by atoms with Crippen LogP contribution in [-0.4, -0.2) is 61.6 Å². The second-order valence-electron chi connectivity index (χ2n) is 5.60. The molecule has 2 fully saturated rings. The van der Waals surface area contributed by atoms with Crippen LogP contribution in [0.1, 0.15) is 32.6 Å². The molecular formula is C14H26N2O2. The predicted octanol–water partition coefficient (Wildman–Crippen LogP) is 1.36. The molecule has 4 heteroatoms. The molecule has 0 aromatic heterocycles. The molecule has 0 aromatic carbocycles. The Hall–Kier alpha value is -0.610. The van der Waals surface area contributed by atoms with E-state index in [1.807, 2.05) is 6.92 Å². The van der Waals surface area contributed by atoms with E-state index in [1.54, 1.807) is 0 Å². The summed E-state index contributed by atoms with van der Waals surface area (Å²) in [5.41, 5.74) is 0. The van der Waals surface area contributed by atoms with E-state index in [1.165, 1.54) is 26.2 Å². The molecule has 0 aromatic rings. The molecule has 1 aliphatic carbocycles. The summed E-state index contributed by atoms with van der Waals surface area (Å²) in [6.45, 7) is 7.12. The van der Waals surface area contributed by atoms with E-state index in [4.69, 9.17) is 4.74 Å². The van der Waals surface area contributed by atoms with Crippen LogP contribution in [0.2, 0.25) is 0 Å². The number of ether oxygens (including phenoxy) is 1. The van der Waals surface area contributed by atoms with Crippen molar-refractivity contribution in [3.8, 4) is 0 Å². The van der Waals surface area contributed by atoms with Gasteiger partial charge < -0.3 is 9.64 Å². The summed E-state index contributed by atoms with van der Waals surface area (Å²) < 4.78 is 5.12. The van der Waals surface area contributed by atoms with Gasteiger partial charge in [0, 0.05) is 32.2 Å². The number of nitrogens with zero attached hydrogens (tertiary/aromatic N) is 2. The average Bonchev–Trinajstić information content (AvgIpc) is 2.40. The molecule has 0 spiro atoms. The maximum Gasteiger partial charge on any atom is 0.308 e. The highest BCUT2D eigenvalue weighted by molar-refractivity contribution is 5.72. The zero-order valence-corrected chi connectivity index (χ0v) is 11.7. The lowest BCUT2D eigenvalue weighted by molar-refractivity contribution is -0.149. The van der Waals surface area contributed by atoms with Gasteiger partial charge >= 0.3 is 5.97 Å². The first kappa shape index (κ1) is 13.8. The van der Waals surface area contributed by atoms with Gasteiger partial charge in [0.1, 0.15) is 0 Å². The summed E-state index contributed by atoms with van der Waals surface area (Å²) in [6, 6.07) is 0.698. The van der Waals surface area contributed by atoms with Crippen molar-refractivity contribution in [1.29, 1.82) is 0 Å². The molecule has 2 aliphatic rings. The quantitative estimate of drug-likeness (QED) is 0.712. The van der Waals surface area contributed by atoms with E-state index < -0.39 is 0 Å². The summed E-state index contributed by atoms with van der Waals surface area (Å²) in [4.78, 5) is 16.7. The van der Waals surface area contributed by atoms with Crippen molar-refractivity contribution in [3.05, 3.63) is 0 Å². The molecule has 0 unspecified atom stereocenters. The van der Waals surface area contributed by atoms with Gasteiger partial charge in [-0.15, -0.1) is 0 Å². The fourth-order valence-electron chi connectivity index (χ4n) is 3.12. The summed E-state index contributed by atoms with van der Waals surface area (Å²) in [5, 5.41) is 0. The molecule has 0 bridgehead atoms. The topological polar surface area (TPSA) is 32.8 Å². The lowest BCUT2D eigenvalue weighted by Gasteiger charge is -2.40. The van der Waals surface area contributed by atoms with Crippen LogP contribution in [-0.2, 0) is 9.53 Å². The number of carbonyl (C=O) groups is 1. The molecule has 0 atom stereocenters. The molecule has 1 saturated carbocycles. The van der Waals surface area contributed by atoms with Gasteiger partial charge in [-0.05, 0) is 39.7 Å². The van der Waals surface area contributed by atoms with E-state index in [-0.39, 0.29) is 11.9 Å². The summed E-state index contributed by atoms with van der Waals surface area (Å²) in [5.74, 6) is 0.183. The Labute approximate surface area is 110 Å². The normalized spacial score (nSPS) is 31.2. The number of likely N-dealkylation sites (N-methyl/N-ethyl adjacent to an activating group) is 1. The van der Waals surface area contributed by atoms with Crippen molar-refractivity contribution in [2.45, 2.75) is 38.6 Å². The number of piperazine rings is 1. The Morgan fingerprint density at radius 1 is 1.11 bits per heavy atom. The second-order valence-corrected chi connectivity index (χ2v) is 5.60. The van der Waals surface area contributed by atoms with Gasteiger partial charge in [-0.2, -0.15) is 0 Å². The highest BCUT2D eigenvalue weighted by atomic mass is 16.5. The molecule has 1 saturated heterocycles. The van der Waals surface area contributed by atoms with Crippen molar-refractivity contribution in [2.75, 3.05) is 39.8 Å². The molecule has 1 heterocycles. The number of esters is 1. The molecule has 0 N–H and O–H groups in total. The minimum absolute atomic E-state index is 0.0225. The number of hydrogen-bond acceptors (Lipinski definition) is 4. The number of rotatable bonds is 3. The SMILES string of the molecule is CCOC(=O)[C@H]1CC[C@H](N2CCN(C)CC2)CC1. The molecular weight excluding hydrogens is 228 g/mol. The Balaban J connectivity index is 1.74. The van der Waals surface area contributed by atoms with Crippen LogP contribution in [0, 0.1) is 5.92 Å². The first-order valence-corrected chi connectivity index (χ1v) is 7.30. The third-order valence-corrected chi connectivity index (χ3v) is 4.37. The Bertz CT molecular complexity index is 267. The van der Waals surface area contributed by atoms with Crippen LogP contribution in [0.5, 0.6) is 0 Å². The van der Waals surface area contributed by atoms with Gasteiger partial charge in [0.15, 0.2) is 0 Å². The summed E-state index contributed by atoms with van der Waals surface area (Å²) >= 11 is 0. The van der Waals surface area contributed by atoms with E-state index >= 15 is 0 Å². The van der Waals surface area contributed by atoms with E-state index in [9.17, 15) is 4.79 Å². The summed E-state index contributed by atoms with van der Waals surface area (Å²) in [7, 11) is 2.19. The number of hydrogen-bond donors (Lipinski definition) is 0. The first-order valence-electron chi connectivity index (χ1n) is 7.30. The van der Waals surface area contributed by atoms with Crippen LogP contribution < -0.4 is 0 Å². The minimum atomic E-state index is 0.0225. The van der Waals surface area contributed by atoms with Crippen LogP contribution >= 0.6 is 0 Å². The second kappa shape index (κ2) is 6.53. The standard InChI is InChI=1S/C14H26N2O2/c1-3-18-14(17)12-4-6-13(7-5-12)16-10-8-15(2)9-11-16/h12-13H,3-11H2,1-2H3/t12-,13-. The van der Waals surface area contributed by atoms with Gasteiger partial charge in [-0.3, -0.25) is 9.69 Å². The van der Waals surface area contributed by atoms with Gasteiger partial charge in [0.25, 0.3) is 0 Å². The smallest absolute Gasteiger partial charge is 0.308 e. The minimum Gasteiger partial charge on any atom is -0.466 e. The van der Waals surface area contributed by atoms with Gasteiger partial charge in [-0.25, -0.2) is 0 Å².